The monoisotopic (exact) mass is 906 g/mol. The van der Waals surface area contributed by atoms with Crippen LogP contribution in [-0.4, -0.2) is 46.9 Å². The molecule has 0 aromatic carbocycles. The van der Waals surface area contributed by atoms with Crippen LogP contribution in [-0.2, 0) is 14.3 Å². The van der Waals surface area contributed by atoms with E-state index < -0.39 is 18.2 Å². The fraction of sp³-hybridized carbons (Fsp3) is 0.729. The molecule has 0 saturated heterocycles. The summed E-state index contributed by atoms with van der Waals surface area (Å²) in [5.41, 5.74) is 0. The van der Waals surface area contributed by atoms with E-state index in [1.165, 1.54) is 135 Å². The predicted molar refractivity (Wildman–Crippen MR) is 282 cm³/mol. The largest absolute Gasteiger partial charge is 0.462 e. The molecule has 3 atom stereocenters. The first-order valence-corrected chi connectivity index (χ1v) is 27.4. The van der Waals surface area contributed by atoms with E-state index in [1.54, 1.807) is 0 Å². The zero-order valence-electron chi connectivity index (χ0n) is 42.6. The first-order chi connectivity index (χ1) is 32.0. The maximum absolute atomic E-state index is 13.2. The van der Waals surface area contributed by atoms with Gasteiger partial charge in [-0.3, -0.25) is 9.59 Å². The van der Waals surface area contributed by atoms with Crippen molar-refractivity contribution in [1.29, 1.82) is 0 Å². The Labute approximate surface area is 402 Å². The Bertz CT molecular complexity index is 1250. The van der Waals surface area contributed by atoms with Crippen molar-refractivity contribution in [3.05, 3.63) is 85.1 Å². The summed E-state index contributed by atoms with van der Waals surface area (Å²) in [5.74, 6) is -0.570. The normalized spacial score (nSPS) is 13.9. The second-order valence-electron chi connectivity index (χ2n) is 18.4. The minimum Gasteiger partial charge on any atom is -0.462 e. The highest BCUT2D eigenvalue weighted by Crippen LogP contribution is 2.18. The predicted octanol–water partition coefficient (Wildman–Crippen LogP) is 16.7. The highest BCUT2D eigenvalue weighted by Gasteiger charge is 2.24. The summed E-state index contributed by atoms with van der Waals surface area (Å²) >= 11 is 0. The van der Waals surface area contributed by atoms with Crippen molar-refractivity contribution in [3.8, 4) is 0 Å². The van der Waals surface area contributed by atoms with Crippen LogP contribution < -0.4 is 5.32 Å². The number of hydrogen-bond donors (Lipinski definition) is 3. The standard InChI is InChI=1S/C59H103NO5/c1-4-7-10-13-16-19-22-25-27-29-30-33-35-38-41-44-47-50-55(65-59(64)52-49-46-43-40-37-32-24-21-18-15-12-9-6-3)53-58(63)60-56(54-61)57(62)51-48-45-42-39-36-34-31-28-26-23-20-17-14-11-8-5-2/h9,12,15-16,18-19,21,24-25,27,32,37,40,43,55-57,61-62H,4-8,10-11,13-14,17,20,22-23,26,28-31,33-36,38-39,41-42,44-54H2,1-3H3,(H,60,63)/b12-9+,18-15+,19-16-,24-21-,27-25-,37-32-,43-40+. The summed E-state index contributed by atoms with van der Waals surface area (Å²) in [6.45, 7) is 6.31. The average Bonchev–Trinajstić information content (AvgIpc) is 3.30. The molecule has 0 aliphatic carbocycles. The van der Waals surface area contributed by atoms with E-state index in [2.05, 4.69) is 56.5 Å². The third kappa shape index (κ3) is 47.3. The maximum atomic E-state index is 13.2. The molecular weight excluding hydrogens is 803 g/mol. The maximum Gasteiger partial charge on any atom is 0.306 e. The smallest absolute Gasteiger partial charge is 0.306 e. The molecule has 1 amide bonds. The molecule has 0 aliphatic heterocycles. The van der Waals surface area contributed by atoms with Crippen molar-refractivity contribution in [1.82, 2.24) is 5.32 Å². The van der Waals surface area contributed by atoms with Gasteiger partial charge in [0.15, 0.2) is 0 Å². The van der Waals surface area contributed by atoms with Gasteiger partial charge in [0.05, 0.1) is 25.2 Å². The number of nitrogens with one attached hydrogen (secondary N) is 1. The van der Waals surface area contributed by atoms with Crippen molar-refractivity contribution in [2.75, 3.05) is 6.61 Å². The fourth-order valence-electron chi connectivity index (χ4n) is 7.96. The number of rotatable bonds is 48. The topological polar surface area (TPSA) is 95.9 Å². The van der Waals surface area contributed by atoms with E-state index in [1.807, 2.05) is 54.7 Å². The molecule has 0 aromatic rings. The Morgan fingerprint density at radius 3 is 1.40 bits per heavy atom. The van der Waals surface area contributed by atoms with Crippen molar-refractivity contribution < 1.29 is 24.5 Å². The molecular formula is C59H103NO5. The summed E-state index contributed by atoms with van der Waals surface area (Å²) in [7, 11) is 0. The van der Waals surface area contributed by atoms with E-state index in [0.29, 0.717) is 25.7 Å². The molecule has 65 heavy (non-hydrogen) atoms. The molecule has 0 aromatic heterocycles. The van der Waals surface area contributed by atoms with Gasteiger partial charge in [-0.15, -0.1) is 0 Å². The molecule has 3 unspecified atom stereocenters. The van der Waals surface area contributed by atoms with Crippen LogP contribution in [0.1, 0.15) is 252 Å². The summed E-state index contributed by atoms with van der Waals surface area (Å²) in [6.07, 6.45) is 67.9. The summed E-state index contributed by atoms with van der Waals surface area (Å²) in [5, 5.41) is 23.8. The molecule has 0 spiro atoms. The van der Waals surface area contributed by atoms with Crippen LogP contribution in [0.2, 0.25) is 0 Å². The minimum atomic E-state index is -0.807. The number of allylic oxidation sites excluding steroid dienone is 14. The molecule has 0 radical (unpaired) electrons. The number of carbonyl (C=O) groups is 2. The number of unbranched alkanes of at least 4 members (excludes halogenated alkanes) is 26. The molecule has 0 rings (SSSR count). The molecule has 6 heteroatoms. The van der Waals surface area contributed by atoms with Gasteiger partial charge in [-0.2, -0.15) is 0 Å². The number of hydrogen-bond acceptors (Lipinski definition) is 5. The van der Waals surface area contributed by atoms with Gasteiger partial charge >= 0.3 is 5.97 Å². The summed E-state index contributed by atoms with van der Waals surface area (Å²) in [4.78, 5) is 26.2. The Kier molecular flexibility index (Phi) is 49.6. The number of aliphatic hydroxyl groups is 2. The third-order valence-corrected chi connectivity index (χ3v) is 12.1. The second kappa shape index (κ2) is 52.0. The Balaban J connectivity index is 4.66. The van der Waals surface area contributed by atoms with Crippen molar-refractivity contribution in [2.24, 2.45) is 0 Å². The van der Waals surface area contributed by atoms with E-state index in [4.69, 9.17) is 4.74 Å². The zero-order valence-corrected chi connectivity index (χ0v) is 42.6. The van der Waals surface area contributed by atoms with Gasteiger partial charge in [-0.25, -0.2) is 0 Å². The number of esters is 1. The van der Waals surface area contributed by atoms with E-state index in [-0.39, 0.29) is 24.9 Å². The van der Waals surface area contributed by atoms with Crippen LogP contribution in [0.3, 0.4) is 0 Å². The van der Waals surface area contributed by atoms with Gasteiger partial charge in [-0.1, -0.05) is 254 Å². The highest BCUT2D eigenvalue weighted by atomic mass is 16.5. The SMILES string of the molecule is CC/C=C/C=C/C=C\C=C/C=C/CCCC(=O)OC(CCCCCCCCC/C=C\C/C=C\CCCCC)CC(=O)NC(CO)C(O)CCCCCCCCCCCCCCCCCC. The highest BCUT2D eigenvalue weighted by molar-refractivity contribution is 5.77. The fourth-order valence-corrected chi connectivity index (χ4v) is 7.96. The van der Waals surface area contributed by atoms with Gasteiger partial charge in [0.25, 0.3) is 0 Å². The molecule has 6 nitrogen and oxygen atoms in total. The molecule has 0 aliphatic rings. The molecule has 0 bridgehead atoms. The Morgan fingerprint density at radius 2 is 0.892 bits per heavy atom. The van der Waals surface area contributed by atoms with Gasteiger partial charge < -0.3 is 20.3 Å². The van der Waals surface area contributed by atoms with E-state index in [0.717, 1.165) is 64.2 Å². The number of aliphatic hydroxyl groups excluding tert-OH is 2. The first kappa shape index (κ1) is 62.0. The van der Waals surface area contributed by atoms with Gasteiger partial charge in [-0.05, 0) is 70.6 Å². The second-order valence-corrected chi connectivity index (χ2v) is 18.4. The average molecular weight is 906 g/mol. The lowest BCUT2D eigenvalue weighted by Gasteiger charge is -2.24. The van der Waals surface area contributed by atoms with Gasteiger partial charge in [0.1, 0.15) is 6.10 Å². The number of ether oxygens (including phenoxy) is 1. The summed E-state index contributed by atoms with van der Waals surface area (Å²) < 4.78 is 5.90. The van der Waals surface area contributed by atoms with Crippen molar-refractivity contribution in [2.45, 2.75) is 270 Å². The number of carbonyl (C=O) groups excluding carboxylic acids is 2. The summed E-state index contributed by atoms with van der Waals surface area (Å²) in [6, 6.07) is -0.724. The van der Waals surface area contributed by atoms with Crippen molar-refractivity contribution in [3.63, 3.8) is 0 Å². The third-order valence-electron chi connectivity index (χ3n) is 12.1. The molecule has 374 valence electrons. The zero-order chi connectivity index (χ0) is 47.4. The van der Waals surface area contributed by atoms with Crippen LogP contribution >= 0.6 is 0 Å². The Hall–Kier alpha value is -2.96. The van der Waals surface area contributed by atoms with Crippen LogP contribution in [0.4, 0.5) is 0 Å². The lowest BCUT2D eigenvalue weighted by Crippen LogP contribution is -2.46. The van der Waals surface area contributed by atoms with Crippen LogP contribution in [0.25, 0.3) is 0 Å². The lowest BCUT2D eigenvalue weighted by molar-refractivity contribution is -0.151. The van der Waals surface area contributed by atoms with Crippen molar-refractivity contribution >= 4 is 11.9 Å². The Morgan fingerprint density at radius 1 is 0.477 bits per heavy atom. The minimum absolute atomic E-state index is 0.0401. The van der Waals surface area contributed by atoms with Crippen LogP contribution in [0.5, 0.6) is 0 Å². The van der Waals surface area contributed by atoms with Gasteiger partial charge in [0, 0.05) is 6.42 Å². The van der Waals surface area contributed by atoms with E-state index >= 15 is 0 Å². The number of amides is 1. The molecule has 3 N–H and O–H groups in total. The lowest BCUT2D eigenvalue weighted by atomic mass is 10.0. The molecule has 0 fully saturated rings. The van der Waals surface area contributed by atoms with Crippen LogP contribution in [0, 0.1) is 0 Å². The first-order valence-electron chi connectivity index (χ1n) is 27.4. The quantitative estimate of drug-likeness (QED) is 0.0245. The van der Waals surface area contributed by atoms with Crippen LogP contribution in [0.15, 0.2) is 85.1 Å². The molecule has 0 saturated carbocycles. The molecule has 0 heterocycles. The van der Waals surface area contributed by atoms with E-state index in [9.17, 15) is 19.8 Å². The van der Waals surface area contributed by atoms with Gasteiger partial charge in [0.2, 0.25) is 5.91 Å².